The van der Waals surface area contributed by atoms with Gasteiger partial charge in [0.15, 0.2) is 0 Å². The summed E-state index contributed by atoms with van der Waals surface area (Å²) < 4.78 is 2.62. The Hall–Kier alpha value is -2.08. The molecule has 0 aliphatic carbocycles. The van der Waals surface area contributed by atoms with Gasteiger partial charge in [-0.2, -0.15) is 0 Å². The van der Waals surface area contributed by atoms with E-state index in [1.54, 1.807) is 34.9 Å². The third kappa shape index (κ3) is 3.76. The minimum absolute atomic E-state index is 0.0463. The number of aromatic nitrogens is 1. The number of nitrogens with zero attached hydrogens (tertiary/aromatic N) is 1. The maximum Gasteiger partial charge on any atom is 0.312 e. The van der Waals surface area contributed by atoms with E-state index >= 15 is 0 Å². The number of benzene rings is 1. The van der Waals surface area contributed by atoms with Gasteiger partial charge in [0.25, 0.3) is 5.91 Å². The van der Waals surface area contributed by atoms with E-state index in [-0.39, 0.29) is 12.5 Å². The summed E-state index contributed by atoms with van der Waals surface area (Å²) in [6.45, 7) is 2.65. The van der Waals surface area contributed by atoms with Crippen LogP contribution in [0.1, 0.15) is 28.9 Å². The fourth-order valence-corrected chi connectivity index (χ4v) is 2.71. The van der Waals surface area contributed by atoms with Crippen molar-refractivity contribution in [2.75, 3.05) is 6.54 Å². The maximum atomic E-state index is 12.3. The van der Waals surface area contributed by atoms with E-state index in [4.69, 9.17) is 0 Å². The summed E-state index contributed by atoms with van der Waals surface area (Å²) in [5.74, 6) is -2.01. The molecule has 0 spiro atoms. The lowest BCUT2D eigenvalue weighted by Gasteiger charge is -2.14. The Labute approximate surface area is 137 Å². The van der Waals surface area contributed by atoms with E-state index in [1.807, 2.05) is 19.2 Å². The Morgan fingerprint density at radius 3 is 2.59 bits per heavy atom. The van der Waals surface area contributed by atoms with Crippen molar-refractivity contribution in [2.45, 2.75) is 19.4 Å². The maximum absolute atomic E-state index is 12.3. The standard InChI is InChI=1S/C16H17BrN2O3/c1-2-19-10-12(17)8-14(19)15(20)18-9-13(16(21)22)11-6-4-3-5-7-11/h3-8,10,13H,2,9H2,1H3,(H,18,20)(H,21,22). The van der Waals surface area contributed by atoms with Gasteiger partial charge in [-0.15, -0.1) is 0 Å². The van der Waals surface area contributed by atoms with Gasteiger partial charge in [0, 0.05) is 23.8 Å². The number of nitrogens with one attached hydrogen (secondary N) is 1. The van der Waals surface area contributed by atoms with Crippen LogP contribution in [-0.2, 0) is 11.3 Å². The molecule has 1 atom stereocenters. The van der Waals surface area contributed by atoms with E-state index in [0.29, 0.717) is 17.8 Å². The third-order valence-corrected chi connectivity index (χ3v) is 3.84. The normalized spacial score (nSPS) is 11.9. The molecule has 1 unspecified atom stereocenters. The van der Waals surface area contributed by atoms with Gasteiger partial charge in [-0.25, -0.2) is 0 Å². The zero-order valence-corrected chi connectivity index (χ0v) is 13.7. The summed E-state index contributed by atoms with van der Waals surface area (Å²) in [4.78, 5) is 23.7. The highest BCUT2D eigenvalue weighted by atomic mass is 79.9. The first-order valence-electron chi connectivity index (χ1n) is 6.94. The summed E-state index contributed by atoms with van der Waals surface area (Å²) in [5, 5.41) is 12.1. The number of aliphatic carboxylic acids is 1. The number of hydrogen-bond acceptors (Lipinski definition) is 2. The fraction of sp³-hybridized carbons (Fsp3) is 0.250. The molecular weight excluding hydrogens is 348 g/mol. The molecule has 0 bridgehead atoms. The van der Waals surface area contributed by atoms with Crippen LogP contribution in [0.5, 0.6) is 0 Å². The van der Waals surface area contributed by atoms with Gasteiger partial charge in [-0.1, -0.05) is 30.3 Å². The van der Waals surface area contributed by atoms with Crippen LogP contribution in [0.15, 0.2) is 47.1 Å². The molecule has 0 radical (unpaired) electrons. The number of amides is 1. The predicted molar refractivity (Wildman–Crippen MR) is 87.0 cm³/mol. The Morgan fingerprint density at radius 2 is 2.00 bits per heavy atom. The molecule has 1 aromatic carbocycles. The molecular formula is C16H17BrN2O3. The lowest BCUT2D eigenvalue weighted by molar-refractivity contribution is -0.138. The molecule has 5 nitrogen and oxygen atoms in total. The summed E-state index contributed by atoms with van der Waals surface area (Å²) in [6, 6.07) is 10.6. The number of halogens is 1. The number of aryl methyl sites for hydroxylation is 1. The largest absolute Gasteiger partial charge is 0.481 e. The summed E-state index contributed by atoms with van der Waals surface area (Å²) in [6.07, 6.45) is 1.82. The number of rotatable bonds is 6. The van der Waals surface area contributed by atoms with Crippen molar-refractivity contribution < 1.29 is 14.7 Å². The highest BCUT2D eigenvalue weighted by molar-refractivity contribution is 9.10. The topological polar surface area (TPSA) is 71.3 Å². The number of hydrogen-bond donors (Lipinski definition) is 2. The van der Waals surface area contributed by atoms with E-state index < -0.39 is 11.9 Å². The molecule has 1 heterocycles. The van der Waals surface area contributed by atoms with Crippen LogP contribution in [0.4, 0.5) is 0 Å². The minimum atomic E-state index is -0.960. The molecule has 0 fully saturated rings. The molecule has 6 heteroatoms. The molecule has 2 N–H and O–H groups in total. The Bertz CT molecular complexity index is 667. The molecule has 0 saturated carbocycles. The summed E-state index contributed by atoms with van der Waals surface area (Å²) >= 11 is 3.34. The second-order valence-electron chi connectivity index (χ2n) is 4.84. The predicted octanol–water partition coefficient (Wildman–Crippen LogP) is 2.87. The average Bonchev–Trinajstić information content (AvgIpc) is 2.89. The number of carboxylic acids is 1. The van der Waals surface area contributed by atoms with E-state index in [0.717, 1.165) is 4.47 Å². The molecule has 0 aliphatic rings. The van der Waals surface area contributed by atoms with Gasteiger partial charge in [-0.05, 0) is 34.5 Å². The Kier molecular flexibility index (Phi) is 5.38. The molecule has 1 amide bonds. The molecule has 0 aliphatic heterocycles. The molecule has 0 saturated heterocycles. The van der Waals surface area contributed by atoms with Crippen LogP contribution in [-0.4, -0.2) is 28.1 Å². The van der Waals surface area contributed by atoms with Gasteiger partial charge in [0.1, 0.15) is 5.69 Å². The average molecular weight is 365 g/mol. The second-order valence-corrected chi connectivity index (χ2v) is 5.76. The van der Waals surface area contributed by atoms with Crippen LogP contribution in [0.3, 0.4) is 0 Å². The van der Waals surface area contributed by atoms with Crippen molar-refractivity contribution in [3.05, 3.63) is 58.3 Å². The van der Waals surface area contributed by atoms with Gasteiger partial charge in [0.05, 0.1) is 5.92 Å². The zero-order valence-electron chi connectivity index (χ0n) is 12.1. The van der Waals surface area contributed by atoms with Crippen molar-refractivity contribution in [3.63, 3.8) is 0 Å². The second kappa shape index (κ2) is 7.26. The van der Waals surface area contributed by atoms with Crippen LogP contribution >= 0.6 is 15.9 Å². The van der Waals surface area contributed by atoms with Crippen molar-refractivity contribution in [2.24, 2.45) is 0 Å². The minimum Gasteiger partial charge on any atom is -0.481 e. The van der Waals surface area contributed by atoms with E-state index in [9.17, 15) is 14.7 Å². The van der Waals surface area contributed by atoms with E-state index in [2.05, 4.69) is 21.2 Å². The lowest BCUT2D eigenvalue weighted by Crippen LogP contribution is -2.32. The first-order chi connectivity index (χ1) is 10.5. The molecule has 116 valence electrons. The van der Waals surface area contributed by atoms with E-state index in [1.165, 1.54) is 0 Å². The summed E-state index contributed by atoms with van der Waals surface area (Å²) in [5.41, 5.74) is 1.17. The first-order valence-corrected chi connectivity index (χ1v) is 7.73. The van der Waals surface area contributed by atoms with Crippen molar-refractivity contribution in [3.8, 4) is 0 Å². The van der Waals surface area contributed by atoms with Crippen LogP contribution in [0.25, 0.3) is 0 Å². The van der Waals surface area contributed by atoms with Crippen LogP contribution in [0, 0.1) is 0 Å². The highest BCUT2D eigenvalue weighted by Crippen LogP contribution is 2.17. The Balaban J connectivity index is 2.09. The quantitative estimate of drug-likeness (QED) is 0.827. The molecule has 22 heavy (non-hydrogen) atoms. The number of carboxylic acid groups (broad SMARTS) is 1. The zero-order chi connectivity index (χ0) is 16.1. The lowest BCUT2D eigenvalue weighted by atomic mass is 9.99. The molecule has 2 aromatic rings. The van der Waals surface area contributed by atoms with Gasteiger partial charge in [0.2, 0.25) is 0 Å². The molecule has 2 rings (SSSR count). The van der Waals surface area contributed by atoms with Gasteiger partial charge in [-0.3, -0.25) is 9.59 Å². The van der Waals surface area contributed by atoms with Crippen LogP contribution in [0.2, 0.25) is 0 Å². The monoisotopic (exact) mass is 364 g/mol. The fourth-order valence-electron chi connectivity index (χ4n) is 2.25. The third-order valence-electron chi connectivity index (χ3n) is 3.40. The van der Waals surface area contributed by atoms with Crippen molar-refractivity contribution in [1.29, 1.82) is 0 Å². The first kappa shape index (κ1) is 16.3. The Morgan fingerprint density at radius 1 is 1.32 bits per heavy atom. The van der Waals surface area contributed by atoms with Crippen molar-refractivity contribution in [1.82, 2.24) is 9.88 Å². The SMILES string of the molecule is CCn1cc(Br)cc1C(=O)NCC(C(=O)O)c1ccccc1. The highest BCUT2D eigenvalue weighted by Gasteiger charge is 2.21. The van der Waals surface area contributed by atoms with Gasteiger partial charge < -0.3 is 15.0 Å². The van der Waals surface area contributed by atoms with Gasteiger partial charge >= 0.3 is 5.97 Å². The van der Waals surface area contributed by atoms with Crippen LogP contribution < -0.4 is 5.32 Å². The summed E-state index contributed by atoms with van der Waals surface area (Å²) in [7, 11) is 0. The smallest absolute Gasteiger partial charge is 0.312 e. The number of carbonyl (C=O) groups excluding carboxylic acids is 1. The number of carbonyl (C=O) groups is 2. The molecule has 1 aromatic heterocycles. The van der Waals surface area contributed by atoms with Crippen molar-refractivity contribution >= 4 is 27.8 Å².